The van der Waals surface area contributed by atoms with Gasteiger partial charge in [-0.05, 0) is 54.7 Å². The summed E-state index contributed by atoms with van der Waals surface area (Å²) in [5, 5.41) is 17.6. The summed E-state index contributed by atoms with van der Waals surface area (Å²) < 4.78 is 28.6. The second kappa shape index (κ2) is 8.99. The van der Waals surface area contributed by atoms with E-state index >= 15 is 0 Å². The Labute approximate surface area is 193 Å². The molecule has 0 aliphatic carbocycles. The number of aromatic nitrogens is 1. The van der Waals surface area contributed by atoms with Crippen LogP contribution in [0.15, 0.2) is 47.6 Å². The van der Waals surface area contributed by atoms with Crippen LogP contribution in [0, 0.1) is 10.8 Å². The van der Waals surface area contributed by atoms with Crippen LogP contribution in [-0.4, -0.2) is 61.5 Å². The zero-order chi connectivity index (χ0) is 23.6. The number of aliphatic carboxylic acids is 1. The van der Waals surface area contributed by atoms with Crippen molar-refractivity contribution < 1.29 is 18.3 Å². The standard InChI is InChI=1S/C22H28N6O4S/c23-21(24)28-10-5-16-1-2-19(13-17(16)14-28)33(31,32)26-15-22(20(29)30)6-11-27(12-7-22)18-3-8-25-9-4-18/h1-4,8-9,13,26H,5-7,10-12,14-15H2,(H3,23,24)(H,29,30). The van der Waals surface area contributed by atoms with Gasteiger partial charge in [0.15, 0.2) is 5.96 Å². The minimum absolute atomic E-state index is 0.0476. The Morgan fingerprint density at radius 3 is 2.48 bits per heavy atom. The summed E-state index contributed by atoms with van der Waals surface area (Å²) in [5.41, 5.74) is 7.21. The molecule has 0 amide bonds. The molecule has 176 valence electrons. The van der Waals surface area contributed by atoms with Gasteiger partial charge in [0.1, 0.15) is 0 Å². The number of anilines is 1. The first-order chi connectivity index (χ1) is 15.7. The van der Waals surface area contributed by atoms with Gasteiger partial charge < -0.3 is 20.6 Å². The number of piperidine rings is 1. The predicted molar refractivity (Wildman–Crippen MR) is 123 cm³/mol. The Hall–Kier alpha value is -3.18. The van der Waals surface area contributed by atoms with Crippen LogP contribution in [0.4, 0.5) is 5.69 Å². The Morgan fingerprint density at radius 2 is 1.85 bits per heavy atom. The lowest BCUT2D eigenvalue weighted by Crippen LogP contribution is -2.50. The molecule has 0 radical (unpaired) electrons. The van der Waals surface area contributed by atoms with Gasteiger partial charge in [-0.3, -0.25) is 15.2 Å². The van der Waals surface area contributed by atoms with E-state index < -0.39 is 21.4 Å². The number of sulfonamides is 1. The lowest BCUT2D eigenvalue weighted by molar-refractivity contribution is -0.149. The summed E-state index contributed by atoms with van der Waals surface area (Å²) in [7, 11) is -3.91. The molecule has 0 unspecified atom stereocenters. The fraction of sp³-hybridized carbons (Fsp3) is 0.409. The molecule has 11 heteroatoms. The quantitative estimate of drug-likeness (QED) is 0.359. The topological polar surface area (TPSA) is 153 Å². The molecule has 3 heterocycles. The Bertz CT molecular complexity index is 1150. The van der Waals surface area contributed by atoms with E-state index in [2.05, 4.69) is 14.6 Å². The van der Waals surface area contributed by atoms with Gasteiger partial charge >= 0.3 is 5.97 Å². The van der Waals surface area contributed by atoms with E-state index in [1.165, 1.54) is 0 Å². The molecule has 4 rings (SSSR count). The van der Waals surface area contributed by atoms with E-state index in [4.69, 9.17) is 11.1 Å². The van der Waals surface area contributed by atoms with Crippen molar-refractivity contribution in [2.75, 3.05) is 31.1 Å². The third-order valence-corrected chi connectivity index (χ3v) is 8.04. The van der Waals surface area contributed by atoms with Crippen molar-refractivity contribution in [3.63, 3.8) is 0 Å². The molecule has 5 N–H and O–H groups in total. The minimum atomic E-state index is -3.91. The molecule has 0 atom stereocenters. The summed E-state index contributed by atoms with van der Waals surface area (Å²) in [4.78, 5) is 20.0. The van der Waals surface area contributed by atoms with Crippen molar-refractivity contribution in [1.29, 1.82) is 5.41 Å². The lowest BCUT2D eigenvalue weighted by Gasteiger charge is -2.39. The number of nitrogens with two attached hydrogens (primary N) is 1. The summed E-state index contributed by atoms with van der Waals surface area (Å²) in [5.74, 6) is -1.05. The summed E-state index contributed by atoms with van der Waals surface area (Å²) >= 11 is 0. The number of pyridine rings is 1. The van der Waals surface area contributed by atoms with Gasteiger partial charge in [-0.25, -0.2) is 13.1 Å². The average Bonchev–Trinajstić information content (AvgIpc) is 2.83. The monoisotopic (exact) mass is 472 g/mol. The third-order valence-electron chi connectivity index (χ3n) is 6.64. The molecule has 2 aliphatic rings. The maximum Gasteiger partial charge on any atom is 0.311 e. The number of benzene rings is 1. The number of hydrogen-bond donors (Lipinski definition) is 4. The number of nitrogens with zero attached hydrogens (tertiary/aromatic N) is 3. The second-order valence-electron chi connectivity index (χ2n) is 8.59. The Kier molecular flexibility index (Phi) is 6.26. The molecule has 1 saturated heterocycles. The SMILES string of the molecule is N=C(N)N1CCc2ccc(S(=O)(=O)NCC3(C(=O)O)CCN(c4ccncc4)CC3)cc2C1. The van der Waals surface area contributed by atoms with Gasteiger partial charge in [0.25, 0.3) is 0 Å². The summed E-state index contributed by atoms with van der Waals surface area (Å²) in [6.07, 6.45) is 4.71. The van der Waals surface area contributed by atoms with Crippen LogP contribution in [-0.2, 0) is 27.8 Å². The van der Waals surface area contributed by atoms with Crippen molar-refractivity contribution in [2.45, 2.75) is 30.7 Å². The van der Waals surface area contributed by atoms with Crippen molar-refractivity contribution in [2.24, 2.45) is 11.1 Å². The van der Waals surface area contributed by atoms with Crippen LogP contribution in [0.25, 0.3) is 0 Å². The third kappa shape index (κ3) is 4.79. The fourth-order valence-corrected chi connectivity index (χ4v) is 5.61. The number of guanidine groups is 1. The molecule has 0 saturated carbocycles. The highest BCUT2D eigenvalue weighted by Crippen LogP contribution is 2.34. The fourth-order valence-electron chi connectivity index (χ4n) is 4.44. The maximum absolute atomic E-state index is 13.0. The van der Waals surface area contributed by atoms with Crippen LogP contribution in [0.2, 0.25) is 0 Å². The van der Waals surface area contributed by atoms with Crippen molar-refractivity contribution in [1.82, 2.24) is 14.6 Å². The Balaban J connectivity index is 1.46. The van der Waals surface area contributed by atoms with E-state index in [0.29, 0.717) is 45.4 Å². The number of carboxylic acid groups (broad SMARTS) is 1. The molecule has 1 aromatic carbocycles. The van der Waals surface area contributed by atoms with Crippen LogP contribution in [0.1, 0.15) is 24.0 Å². The van der Waals surface area contributed by atoms with E-state index in [9.17, 15) is 18.3 Å². The summed E-state index contributed by atoms with van der Waals surface area (Å²) in [6, 6.07) is 8.66. The van der Waals surface area contributed by atoms with E-state index in [0.717, 1.165) is 16.8 Å². The zero-order valence-corrected chi connectivity index (χ0v) is 19.0. The van der Waals surface area contributed by atoms with Crippen molar-refractivity contribution >= 4 is 27.6 Å². The van der Waals surface area contributed by atoms with Crippen LogP contribution >= 0.6 is 0 Å². The number of hydrogen-bond acceptors (Lipinski definition) is 6. The molecule has 0 bridgehead atoms. The molecule has 1 aromatic heterocycles. The number of carbonyl (C=O) groups is 1. The molecule has 1 fully saturated rings. The molecule has 2 aromatic rings. The van der Waals surface area contributed by atoms with Gasteiger partial charge in [0.05, 0.1) is 10.3 Å². The summed E-state index contributed by atoms with van der Waals surface area (Å²) in [6.45, 7) is 1.84. The first-order valence-corrected chi connectivity index (χ1v) is 12.3. The number of carboxylic acids is 1. The molecule has 10 nitrogen and oxygen atoms in total. The highest BCUT2D eigenvalue weighted by molar-refractivity contribution is 7.89. The number of nitrogens with one attached hydrogen (secondary N) is 2. The zero-order valence-electron chi connectivity index (χ0n) is 18.2. The minimum Gasteiger partial charge on any atom is -0.481 e. The largest absolute Gasteiger partial charge is 0.481 e. The maximum atomic E-state index is 13.0. The number of fused-ring (bicyclic) bond motifs is 1. The smallest absolute Gasteiger partial charge is 0.311 e. The van der Waals surface area contributed by atoms with Crippen molar-refractivity contribution in [3.05, 3.63) is 53.9 Å². The molecule has 0 spiro atoms. The lowest BCUT2D eigenvalue weighted by atomic mass is 9.78. The first-order valence-electron chi connectivity index (χ1n) is 10.8. The Morgan fingerprint density at radius 1 is 1.15 bits per heavy atom. The van der Waals surface area contributed by atoms with Crippen LogP contribution < -0.4 is 15.4 Å². The van der Waals surface area contributed by atoms with E-state index in [1.54, 1.807) is 35.5 Å². The molecule has 2 aliphatic heterocycles. The highest BCUT2D eigenvalue weighted by Gasteiger charge is 2.42. The highest BCUT2D eigenvalue weighted by atomic mass is 32.2. The normalized spacial score (nSPS) is 17.9. The second-order valence-corrected chi connectivity index (χ2v) is 10.4. The van der Waals surface area contributed by atoms with Crippen LogP contribution in [0.5, 0.6) is 0 Å². The molecular weight excluding hydrogens is 444 g/mol. The van der Waals surface area contributed by atoms with Gasteiger partial charge in [-0.15, -0.1) is 0 Å². The first kappa shape index (κ1) is 23.0. The van der Waals surface area contributed by atoms with Gasteiger partial charge in [0, 0.05) is 50.8 Å². The van der Waals surface area contributed by atoms with Gasteiger partial charge in [-0.2, -0.15) is 0 Å². The van der Waals surface area contributed by atoms with E-state index in [1.807, 2.05) is 12.1 Å². The van der Waals surface area contributed by atoms with Gasteiger partial charge in [-0.1, -0.05) is 6.07 Å². The number of rotatable bonds is 6. The van der Waals surface area contributed by atoms with Crippen molar-refractivity contribution in [3.8, 4) is 0 Å². The molecule has 33 heavy (non-hydrogen) atoms. The molecular formula is C22H28N6O4S. The average molecular weight is 473 g/mol. The van der Waals surface area contributed by atoms with Crippen LogP contribution in [0.3, 0.4) is 0 Å². The van der Waals surface area contributed by atoms with E-state index in [-0.39, 0.29) is 17.4 Å². The predicted octanol–water partition coefficient (Wildman–Crippen LogP) is 0.983. The van der Waals surface area contributed by atoms with Gasteiger partial charge in [0.2, 0.25) is 10.0 Å².